The Hall–Kier alpha value is -0.560. The summed E-state index contributed by atoms with van der Waals surface area (Å²) in [7, 11) is 0. The number of allylic oxidation sites excluding steroid dienone is 4. The quantitative estimate of drug-likeness (QED) is 0.0714. The van der Waals surface area contributed by atoms with Gasteiger partial charge in [0.2, 0.25) is 0 Å². The minimum atomic E-state index is -0.0540. The van der Waals surface area contributed by atoms with Crippen LogP contribution in [0.5, 0.6) is 0 Å². The molecule has 1 N–H and O–H groups in total. The maximum absolute atomic E-state index is 10.3. The summed E-state index contributed by atoms with van der Waals surface area (Å²) in [6.45, 7) is 4.57. The Balaban J connectivity index is 3.23. The second-order valence-electron chi connectivity index (χ2n) is 11.8. The van der Waals surface area contributed by atoms with Gasteiger partial charge in [-0.05, 0) is 64.2 Å². The van der Waals surface area contributed by atoms with Gasteiger partial charge in [0, 0.05) is 0 Å². The van der Waals surface area contributed by atoms with E-state index in [1.165, 1.54) is 173 Å². The lowest BCUT2D eigenvalue weighted by atomic mass is 10.0. The van der Waals surface area contributed by atoms with Crippen molar-refractivity contribution in [3.8, 4) is 0 Å². The highest BCUT2D eigenvalue weighted by Gasteiger charge is 2.03. The molecule has 0 aliphatic carbocycles. The van der Waals surface area contributed by atoms with Crippen LogP contribution in [0.2, 0.25) is 0 Å². The van der Waals surface area contributed by atoms with Crippen molar-refractivity contribution in [3.05, 3.63) is 24.3 Å². The van der Waals surface area contributed by atoms with Gasteiger partial charge >= 0.3 is 0 Å². The molecular weight excluding hydrogens is 448 g/mol. The topological polar surface area (TPSA) is 20.2 Å². The van der Waals surface area contributed by atoms with E-state index in [0.29, 0.717) is 0 Å². The average molecular weight is 519 g/mol. The van der Waals surface area contributed by atoms with Gasteiger partial charge in [-0.1, -0.05) is 160 Å². The zero-order chi connectivity index (χ0) is 26.9. The molecule has 0 amide bonds. The molecule has 1 atom stereocenters. The van der Waals surface area contributed by atoms with Crippen molar-refractivity contribution in [2.24, 2.45) is 0 Å². The maximum Gasteiger partial charge on any atom is 0.0540 e. The summed E-state index contributed by atoms with van der Waals surface area (Å²) in [5.74, 6) is 0. The highest BCUT2D eigenvalue weighted by molar-refractivity contribution is 4.82. The van der Waals surface area contributed by atoms with Crippen LogP contribution in [0.15, 0.2) is 24.3 Å². The van der Waals surface area contributed by atoms with Crippen LogP contribution in [0.3, 0.4) is 0 Å². The summed E-state index contributed by atoms with van der Waals surface area (Å²) in [6.07, 6.45) is 48.0. The molecule has 1 nitrogen and oxygen atoms in total. The van der Waals surface area contributed by atoms with Crippen LogP contribution < -0.4 is 0 Å². The molecule has 0 aliphatic rings. The van der Waals surface area contributed by atoms with Crippen LogP contribution >= 0.6 is 0 Å². The SMILES string of the molecule is CCCCCCCC/C=C\CCCCCCCCC(O)CCCCCCC/C=C\CCCCCCCC. The minimum absolute atomic E-state index is 0.0540. The Morgan fingerprint density at radius 1 is 0.351 bits per heavy atom. The summed E-state index contributed by atoms with van der Waals surface area (Å²) in [6, 6.07) is 0. The Morgan fingerprint density at radius 3 is 0.892 bits per heavy atom. The fourth-order valence-electron chi connectivity index (χ4n) is 5.22. The molecule has 0 bridgehead atoms. The molecule has 1 heteroatoms. The van der Waals surface area contributed by atoms with E-state index in [1.54, 1.807) is 0 Å². The van der Waals surface area contributed by atoms with Crippen molar-refractivity contribution in [1.29, 1.82) is 0 Å². The van der Waals surface area contributed by atoms with Gasteiger partial charge in [0.25, 0.3) is 0 Å². The van der Waals surface area contributed by atoms with Gasteiger partial charge in [0.05, 0.1) is 6.10 Å². The minimum Gasteiger partial charge on any atom is -0.393 e. The zero-order valence-corrected chi connectivity index (χ0v) is 25.8. The van der Waals surface area contributed by atoms with Crippen molar-refractivity contribution in [2.45, 2.75) is 206 Å². The van der Waals surface area contributed by atoms with E-state index in [4.69, 9.17) is 0 Å². The van der Waals surface area contributed by atoms with Crippen molar-refractivity contribution >= 4 is 0 Å². The highest BCUT2D eigenvalue weighted by Crippen LogP contribution is 2.15. The van der Waals surface area contributed by atoms with E-state index >= 15 is 0 Å². The number of aliphatic hydroxyl groups excluding tert-OH is 1. The first-order valence-electron chi connectivity index (χ1n) is 17.3. The van der Waals surface area contributed by atoms with E-state index in [2.05, 4.69) is 38.2 Å². The zero-order valence-electron chi connectivity index (χ0n) is 25.8. The van der Waals surface area contributed by atoms with Crippen LogP contribution in [-0.4, -0.2) is 11.2 Å². The van der Waals surface area contributed by atoms with Gasteiger partial charge in [0.1, 0.15) is 0 Å². The van der Waals surface area contributed by atoms with Crippen molar-refractivity contribution in [3.63, 3.8) is 0 Å². The smallest absolute Gasteiger partial charge is 0.0540 e. The monoisotopic (exact) mass is 519 g/mol. The molecule has 0 saturated carbocycles. The first-order valence-corrected chi connectivity index (χ1v) is 17.3. The molecule has 220 valence electrons. The molecule has 0 fully saturated rings. The third-order valence-corrected chi connectivity index (χ3v) is 7.85. The fraction of sp³-hybridized carbons (Fsp3) is 0.889. The molecule has 0 aromatic rings. The van der Waals surface area contributed by atoms with Gasteiger partial charge in [-0.3, -0.25) is 0 Å². The van der Waals surface area contributed by atoms with Gasteiger partial charge in [-0.25, -0.2) is 0 Å². The Labute approximate surface area is 235 Å². The van der Waals surface area contributed by atoms with Gasteiger partial charge in [-0.15, -0.1) is 0 Å². The summed E-state index contributed by atoms with van der Waals surface area (Å²) in [5.41, 5.74) is 0. The summed E-state index contributed by atoms with van der Waals surface area (Å²) in [5, 5.41) is 10.3. The number of hydrogen-bond donors (Lipinski definition) is 1. The lowest BCUT2D eigenvalue weighted by Crippen LogP contribution is -2.05. The lowest BCUT2D eigenvalue weighted by molar-refractivity contribution is 0.147. The third kappa shape index (κ3) is 33.4. The molecule has 0 heterocycles. The van der Waals surface area contributed by atoms with Crippen LogP contribution in [0.1, 0.15) is 200 Å². The Morgan fingerprint density at radius 2 is 0.595 bits per heavy atom. The average Bonchev–Trinajstić information content (AvgIpc) is 2.90. The van der Waals surface area contributed by atoms with Crippen molar-refractivity contribution in [1.82, 2.24) is 0 Å². The number of rotatable bonds is 31. The number of hydrogen-bond acceptors (Lipinski definition) is 1. The lowest BCUT2D eigenvalue weighted by Gasteiger charge is -2.10. The summed E-state index contributed by atoms with van der Waals surface area (Å²) in [4.78, 5) is 0. The summed E-state index contributed by atoms with van der Waals surface area (Å²) >= 11 is 0. The van der Waals surface area contributed by atoms with E-state index in [1.807, 2.05) is 0 Å². The molecule has 0 aliphatic heterocycles. The normalized spacial score (nSPS) is 12.8. The number of aliphatic hydroxyl groups is 1. The second-order valence-corrected chi connectivity index (χ2v) is 11.8. The van der Waals surface area contributed by atoms with Crippen LogP contribution in [0.25, 0.3) is 0 Å². The Bertz CT molecular complexity index is 452. The highest BCUT2D eigenvalue weighted by atomic mass is 16.3. The van der Waals surface area contributed by atoms with E-state index in [-0.39, 0.29) is 6.10 Å². The van der Waals surface area contributed by atoms with Gasteiger partial charge in [-0.2, -0.15) is 0 Å². The fourth-order valence-corrected chi connectivity index (χ4v) is 5.22. The third-order valence-electron chi connectivity index (χ3n) is 7.85. The van der Waals surface area contributed by atoms with Crippen molar-refractivity contribution < 1.29 is 5.11 Å². The van der Waals surface area contributed by atoms with Gasteiger partial charge < -0.3 is 5.11 Å². The largest absolute Gasteiger partial charge is 0.393 e. The molecule has 0 aromatic carbocycles. The first kappa shape index (κ1) is 36.4. The molecule has 0 radical (unpaired) electrons. The maximum atomic E-state index is 10.3. The first-order chi connectivity index (χ1) is 18.3. The summed E-state index contributed by atoms with van der Waals surface area (Å²) < 4.78 is 0. The molecule has 0 saturated heterocycles. The number of unbranched alkanes of at least 4 members (excludes halogenated alkanes) is 23. The van der Waals surface area contributed by atoms with Crippen LogP contribution in [0, 0.1) is 0 Å². The Kier molecular flexibility index (Phi) is 33.0. The predicted molar refractivity (Wildman–Crippen MR) is 170 cm³/mol. The van der Waals surface area contributed by atoms with Crippen LogP contribution in [0.4, 0.5) is 0 Å². The molecule has 37 heavy (non-hydrogen) atoms. The van der Waals surface area contributed by atoms with E-state index in [0.717, 1.165) is 12.8 Å². The molecular formula is C36H70O. The molecule has 1 unspecified atom stereocenters. The van der Waals surface area contributed by atoms with E-state index in [9.17, 15) is 5.11 Å². The van der Waals surface area contributed by atoms with Crippen LogP contribution in [-0.2, 0) is 0 Å². The van der Waals surface area contributed by atoms with Gasteiger partial charge in [0.15, 0.2) is 0 Å². The van der Waals surface area contributed by atoms with Crippen molar-refractivity contribution in [2.75, 3.05) is 0 Å². The van der Waals surface area contributed by atoms with E-state index < -0.39 is 0 Å². The predicted octanol–water partition coefficient (Wildman–Crippen LogP) is 12.8. The second kappa shape index (κ2) is 33.5. The molecule has 0 aromatic heterocycles. The molecule has 0 spiro atoms. The standard InChI is InChI=1S/C36H70O/c1-3-5-7-9-11-13-15-17-19-21-23-25-27-29-31-33-35-36(37)34-32-30-28-26-24-22-20-18-16-14-12-10-8-6-4-2/h17-20,36-37H,3-16,21-35H2,1-2H3/b19-17-,20-18-. The molecule has 0 rings (SSSR count).